The van der Waals surface area contributed by atoms with Crippen LogP contribution in [0.15, 0.2) is 0 Å². The second kappa shape index (κ2) is 4.20. The van der Waals surface area contributed by atoms with E-state index in [4.69, 9.17) is 0 Å². The molecule has 0 aromatic heterocycles. The first kappa shape index (κ1) is 16.0. The zero-order valence-corrected chi connectivity index (χ0v) is 14.0. The van der Waals surface area contributed by atoms with Crippen LogP contribution in [-0.2, 0) is 10.0 Å². The molecule has 0 bridgehead atoms. The third-order valence-corrected chi connectivity index (χ3v) is 6.16. The standard InChI is InChI=1S/C14H29NO2S/c1-12(2,3)14(7)9-11(14)10-15(13(4,5)6)18(8,16)17/h11H,9-10H2,1-8H3/t11-,14-/m1/s1. The van der Waals surface area contributed by atoms with Crippen molar-refractivity contribution in [2.24, 2.45) is 16.7 Å². The molecule has 0 amide bonds. The van der Waals surface area contributed by atoms with Gasteiger partial charge in [0.15, 0.2) is 0 Å². The van der Waals surface area contributed by atoms with Crippen LogP contribution in [-0.4, -0.2) is 31.1 Å². The Labute approximate surface area is 113 Å². The van der Waals surface area contributed by atoms with Crippen LogP contribution in [0, 0.1) is 16.7 Å². The Balaban J connectivity index is 2.86. The Morgan fingerprint density at radius 3 is 1.83 bits per heavy atom. The third-order valence-electron chi connectivity index (χ3n) is 4.66. The van der Waals surface area contributed by atoms with E-state index in [0.29, 0.717) is 12.5 Å². The molecule has 1 fully saturated rings. The van der Waals surface area contributed by atoms with Gasteiger partial charge in [0.05, 0.1) is 6.26 Å². The van der Waals surface area contributed by atoms with E-state index in [1.807, 2.05) is 20.8 Å². The summed E-state index contributed by atoms with van der Waals surface area (Å²) in [6, 6.07) is 0. The molecule has 0 heterocycles. The molecule has 3 nitrogen and oxygen atoms in total. The highest BCUT2D eigenvalue weighted by Crippen LogP contribution is 2.63. The minimum Gasteiger partial charge on any atom is -0.212 e. The quantitative estimate of drug-likeness (QED) is 0.793. The number of hydrogen-bond donors (Lipinski definition) is 0. The highest BCUT2D eigenvalue weighted by molar-refractivity contribution is 7.88. The molecule has 1 rings (SSSR count). The van der Waals surface area contributed by atoms with E-state index in [2.05, 4.69) is 27.7 Å². The summed E-state index contributed by atoms with van der Waals surface area (Å²) in [4.78, 5) is 0. The van der Waals surface area contributed by atoms with Gasteiger partial charge >= 0.3 is 0 Å². The van der Waals surface area contributed by atoms with Gasteiger partial charge in [-0.3, -0.25) is 0 Å². The van der Waals surface area contributed by atoms with Crippen molar-refractivity contribution in [3.63, 3.8) is 0 Å². The predicted molar refractivity (Wildman–Crippen MR) is 77.0 cm³/mol. The van der Waals surface area contributed by atoms with Crippen LogP contribution in [0.25, 0.3) is 0 Å². The van der Waals surface area contributed by atoms with Crippen molar-refractivity contribution in [3.8, 4) is 0 Å². The fourth-order valence-electron chi connectivity index (χ4n) is 2.74. The van der Waals surface area contributed by atoms with Crippen molar-refractivity contribution < 1.29 is 8.42 Å². The van der Waals surface area contributed by atoms with E-state index in [-0.39, 0.29) is 16.4 Å². The average molecular weight is 275 g/mol. The zero-order valence-electron chi connectivity index (χ0n) is 13.2. The lowest BCUT2D eigenvalue weighted by Crippen LogP contribution is -2.46. The van der Waals surface area contributed by atoms with E-state index >= 15 is 0 Å². The van der Waals surface area contributed by atoms with Crippen molar-refractivity contribution in [2.45, 2.75) is 60.4 Å². The SMILES string of the molecule is CC(C)(C)N(C[C@H]1C[C@@]1(C)C(C)(C)C)S(C)(=O)=O. The maximum atomic E-state index is 11.9. The van der Waals surface area contributed by atoms with Crippen LogP contribution in [0.5, 0.6) is 0 Å². The lowest BCUT2D eigenvalue weighted by Gasteiger charge is -2.35. The number of hydrogen-bond acceptors (Lipinski definition) is 2. The van der Waals surface area contributed by atoms with Gasteiger partial charge in [-0.2, -0.15) is 4.31 Å². The van der Waals surface area contributed by atoms with Crippen molar-refractivity contribution in [3.05, 3.63) is 0 Å². The van der Waals surface area contributed by atoms with Crippen LogP contribution < -0.4 is 0 Å². The van der Waals surface area contributed by atoms with Crippen molar-refractivity contribution >= 4 is 10.0 Å². The summed E-state index contributed by atoms with van der Waals surface area (Å²) in [5.41, 5.74) is 0.162. The summed E-state index contributed by atoms with van der Waals surface area (Å²) in [6.45, 7) is 15.6. The number of sulfonamides is 1. The number of nitrogens with zero attached hydrogens (tertiary/aromatic N) is 1. The summed E-state index contributed by atoms with van der Waals surface area (Å²) in [6.07, 6.45) is 2.44. The lowest BCUT2D eigenvalue weighted by molar-refractivity contribution is 0.179. The second-order valence-electron chi connectivity index (χ2n) is 8.03. The van der Waals surface area contributed by atoms with Gasteiger partial charge in [0, 0.05) is 12.1 Å². The minimum absolute atomic E-state index is 0.235. The molecule has 0 saturated heterocycles. The van der Waals surface area contributed by atoms with Gasteiger partial charge < -0.3 is 0 Å². The third kappa shape index (κ3) is 3.08. The summed E-state index contributed by atoms with van der Waals surface area (Å²) in [5.74, 6) is 0.478. The summed E-state index contributed by atoms with van der Waals surface area (Å²) in [7, 11) is -3.14. The van der Waals surface area contributed by atoms with Gasteiger partial charge in [-0.05, 0) is 43.9 Å². The van der Waals surface area contributed by atoms with Crippen molar-refractivity contribution in [1.29, 1.82) is 0 Å². The van der Waals surface area contributed by atoms with Gasteiger partial charge in [0.2, 0.25) is 10.0 Å². The molecular weight excluding hydrogens is 246 g/mol. The van der Waals surface area contributed by atoms with E-state index in [1.54, 1.807) is 4.31 Å². The molecule has 0 N–H and O–H groups in total. The van der Waals surface area contributed by atoms with E-state index in [9.17, 15) is 8.42 Å². The van der Waals surface area contributed by atoms with Crippen molar-refractivity contribution in [2.75, 3.05) is 12.8 Å². The molecule has 0 aliphatic heterocycles. The van der Waals surface area contributed by atoms with Crippen LogP contribution in [0.1, 0.15) is 54.9 Å². The maximum absolute atomic E-state index is 11.9. The van der Waals surface area contributed by atoms with E-state index in [0.717, 1.165) is 6.42 Å². The molecule has 1 aliphatic rings. The van der Waals surface area contributed by atoms with Crippen molar-refractivity contribution in [1.82, 2.24) is 4.31 Å². The predicted octanol–water partition coefficient (Wildman–Crippen LogP) is 3.12. The zero-order chi connectivity index (χ0) is 14.6. The largest absolute Gasteiger partial charge is 0.212 e. The molecule has 4 heteroatoms. The first-order chi connectivity index (χ1) is 7.69. The smallest absolute Gasteiger partial charge is 0.211 e. The maximum Gasteiger partial charge on any atom is 0.211 e. The fourth-order valence-corrected chi connectivity index (χ4v) is 4.19. The minimum atomic E-state index is -3.14. The summed E-state index contributed by atoms with van der Waals surface area (Å²) >= 11 is 0. The van der Waals surface area contributed by atoms with Gasteiger partial charge in [0.1, 0.15) is 0 Å². The molecule has 0 unspecified atom stereocenters. The highest BCUT2D eigenvalue weighted by Gasteiger charge is 2.58. The monoisotopic (exact) mass is 275 g/mol. The van der Waals surface area contributed by atoms with Gasteiger partial charge in [-0.25, -0.2) is 8.42 Å². The molecule has 108 valence electrons. The average Bonchev–Trinajstić information content (AvgIpc) is 2.69. The summed E-state index contributed by atoms with van der Waals surface area (Å²) in [5, 5.41) is 0. The normalized spacial score (nSPS) is 29.7. The molecule has 0 radical (unpaired) electrons. The lowest BCUT2D eigenvalue weighted by atomic mass is 9.77. The van der Waals surface area contributed by atoms with Gasteiger partial charge in [-0.15, -0.1) is 0 Å². The van der Waals surface area contributed by atoms with Gasteiger partial charge in [0.25, 0.3) is 0 Å². The molecule has 1 aliphatic carbocycles. The first-order valence-electron chi connectivity index (χ1n) is 6.67. The second-order valence-corrected chi connectivity index (χ2v) is 9.94. The molecule has 0 spiro atoms. The van der Waals surface area contributed by atoms with E-state index < -0.39 is 10.0 Å². The first-order valence-corrected chi connectivity index (χ1v) is 8.52. The Bertz CT molecular complexity index is 414. The molecular formula is C14H29NO2S. The van der Waals surface area contributed by atoms with Gasteiger partial charge in [-0.1, -0.05) is 27.7 Å². The van der Waals surface area contributed by atoms with Crippen LogP contribution in [0.3, 0.4) is 0 Å². The van der Waals surface area contributed by atoms with E-state index in [1.165, 1.54) is 6.26 Å². The molecule has 18 heavy (non-hydrogen) atoms. The Hall–Kier alpha value is -0.0900. The topological polar surface area (TPSA) is 37.4 Å². The Morgan fingerprint density at radius 1 is 1.17 bits per heavy atom. The molecule has 0 aromatic carbocycles. The van der Waals surface area contributed by atoms with Crippen LogP contribution in [0.4, 0.5) is 0 Å². The summed E-state index contributed by atoms with van der Waals surface area (Å²) < 4.78 is 25.5. The Morgan fingerprint density at radius 2 is 1.61 bits per heavy atom. The number of rotatable bonds is 3. The van der Waals surface area contributed by atoms with Crippen LogP contribution >= 0.6 is 0 Å². The highest BCUT2D eigenvalue weighted by atomic mass is 32.2. The molecule has 0 aromatic rings. The molecule has 1 saturated carbocycles. The fraction of sp³-hybridized carbons (Fsp3) is 1.00. The molecule has 2 atom stereocenters. The van der Waals surface area contributed by atoms with Crippen LogP contribution in [0.2, 0.25) is 0 Å². The Kier molecular flexibility index (Phi) is 3.73.